The van der Waals surface area contributed by atoms with Crippen molar-refractivity contribution >= 4 is 5.91 Å². The molecule has 0 aromatic rings. The van der Waals surface area contributed by atoms with Crippen LogP contribution in [0.1, 0.15) is 13.8 Å². The summed E-state index contributed by atoms with van der Waals surface area (Å²) < 4.78 is 36.5. The van der Waals surface area contributed by atoms with Crippen LogP contribution in [0.25, 0.3) is 0 Å². The minimum absolute atomic E-state index is 0.289. The maximum absolute atomic E-state index is 12.2. The summed E-state index contributed by atoms with van der Waals surface area (Å²) in [7, 11) is 0. The Hall–Kier alpha value is -1.20. The van der Waals surface area contributed by atoms with Gasteiger partial charge in [-0.1, -0.05) is 20.4 Å². The molecule has 1 N–H and O–H groups in total. The predicted molar refractivity (Wildman–Crippen MR) is 60.5 cm³/mol. The third kappa shape index (κ3) is 2.20. The number of likely N-dealkylation sites (tertiary alicyclic amines) is 1. The molecule has 2 fully saturated rings. The Morgan fingerprint density at radius 1 is 1.39 bits per heavy atom. The van der Waals surface area contributed by atoms with Crippen molar-refractivity contribution in [1.82, 2.24) is 10.2 Å². The van der Waals surface area contributed by atoms with Gasteiger partial charge in [0.2, 0.25) is 5.91 Å². The molecule has 3 nitrogen and oxygen atoms in total. The molecule has 2 rings (SSSR count). The van der Waals surface area contributed by atoms with Gasteiger partial charge in [-0.15, -0.1) is 0 Å². The Bertz CT molecular complexity index is 375. The first-order valence-electron chi connectivity index (χ1n) is 5.91. The van der Waals surface area contributed by atoms with E-state index >= 15 is 0 Å². The number of amides is 1. The van der Waals surface area contributed by atoms with Crippen LogP contribution in [0.5, 0.6) is 0 Å². The average Bonchev–Trinajstić information content (AvgIpc) is 2.68. The molecule has 1 heterocycles. The highest BCUT2D eigenvalue weighted by Gasteiger charge is 2.62. The number of fused-ring (bicyclic) bond motifs is 1. The lowest BCUT2D eigenvalue weighted by Gasteiger charge is -2.23. The molecule has 0 spiro atoms. The fraction of sp³-hybridized carbons (Fsp3) is 0.750. The maximum atomic E-state index is 12.2. The molecule has 0 aromatic carbocycles. The van der Waals surface area contributed by atoms with E-state index in [1.165, 1.54) is 0 Å². The van der Waals surface area contributed by atoms with Crippen molar-refractivity contribution in [2.24, 2.45) is 17.3 Å². The van der Waals surface area contributed by atoms with Gasteiger partial charge in [0.25, 0.3) is 0 Å². The number of hydrogen-bond donors (Lipinski definition) is 1. The summed E-state index contributed by atoms with van der Waals surface area (Å²) in [5.74, 6) is 0.725. The lowest BCUT2D eigenvalue weighted by atomic mass is 10.1. The molecule has 2 atom stereocenters. The van der Waals surface area contributed by atoms with Crippen LogP contribution in [0.3, 0.4) is 0 Å². The largest absolute Gasteiger partial charge is 0.430 e. The molecule has 1 aliphatic heterocycles. The van der Waals surface area contributed by atoms with Gasteiger partial charge in [-0.05, 0) is 17.3 Å². The van der Waals surface area contributed by atoms with Crippen LogP contribution in [-0.4, -0.2) is 36.6 Å². The number of nitrogens with zero attached hydrogens (tertiary/aromatic N) is 1. The van der Waals surface area contributed by atoms with Gasteiger partial charge in [-0.2, -0.15) is 13.2 Å². The molecule has 18 heavy (non-hydrogen) atoms. The van der Waals surface area contributed by atoms with E-state index < -0.39 is 11.9 Å². The second kappa shape index (κ2) is 3.90. The Morgan fingerprint density at radius 3 is 2.33 bits per heavy atom. The van der Waals surface area contributed by atoms with Gasteiger partial charge in [-0.25, -0.2) is 0 Å². The van der Waals surface area contributed by atoms with Crippen LogP contribution in [0.4, 0.5) is 13.2 Å². The molecule has 0 aromatic heterocycles. The number of hydrogen-bond acceptors (Lipinski definition) is 2. The number of alkyl halides is 3. The van der Waals surface area contributed by atoms with E-state index in [1.807, 2.05) is 5.32 Å². The number of allylic oxidation sites excluding steroid dienone is 1. The van der Waals surface area contributed by atoms with E-state index in [2.05, 4.69) is 20.4 Å². The number of carbonyl (C=O) groups is 1. The zero-order valence-corrected chi connectivity index (χ0v) is 10.5. The molecule has 2 unspecified atom stereocenters. The number of halogens is 3. The first kappa shape index (κ1) is 13.2. The van der Waals surface area contributed by atoms with Gasteiger partial charge in [0.1, 0.15) is 5.70 Å². The molecule has 1 saturated carbocycles. The zero-order valence-electron chi connectivity index (χ0n) is 10.5. The Kier molecular flexibility index (Phi) is 2.87. The molecule has 1 amide bonds. The molecule has 6 heteroatoms. The van der Waals surface area contributed by atoms with Crippen LogP contribution in [0, 0.1) is 17.3 Å². The normalized spacial score (nSPS) is 28.8. The molecule has 1 aliphatic carbocycles. The second-order valence-corrected chi connectivity index (χ2v) is 5.66. The van der Waals surface area contributed by atoms with Crippen molar-refractivity contribution < 1.29 is 18.0 Å². The first-order valence-corrected chi connectivity index (χ1v) is 5.91. The van der Waals surface area contributed by atoms with Crippen LogP contribution in [0.2, 0.25) is 0 Å². The average molecular weight is 262 g/mol. The van der Waals surface area contributed by atoms with E-state index in [1.54, 1.807) is 4.90 Å². The quantitative estimate of drug-likeness (QED) is 0.840. The van der Waals surface area contributed by atoms with Gasteiger partial charge in [0.15, 0.2) is 0 Å². The summed E-state index contributed by atoms with van der Waals surface area (Å²) >= 11 is 0. The van der Waals surface area contributed by atoms with E-state index in [0.29, 0.717) is 30.3 Å². The summed E-state index contributed by atoms with van der Waals surface area (Å²) in [5, 5.41) is 2.04. The fourth-order valence-corrected chi connectivity index (χ4v) is 2.73. The highest BCUT2D eigenvalue weighted by Crippen LogP contribution is 2.61. The Morgan fingerprint density at radius 2 is 1.89 bits per heavy atom. The Balaban J connectivity index is 1.77. The van der Waals surface area contributed by atoms with E-state index in [-0.39, 0.29) is 12.5 Å². The molecule has 2 aliphatic rings. The number of rotatable bonds is 3. The van der Waals surface area contributed by atoms with Crippen molar-refractivity contribution in [2.45, 2.75) is 20.0 Å². The molecule has 0 radical (unpaired) electrons. The summed E-state index contributed by atoms with van der Waals surface area (Å²) in [6.45, 7) is 8.18. The fourth-order valence-electron chi connectivity index (χ4n) is 2.73. The van der Waals surface area contributed by atoms with Crippen molar-refractivity contribution in [3.8, 4) is 0 Å². The van der Waals surface area contributed by atoms with Gasteiger partial charge in [-0.3, -0.25) is 4.79 Å². The predicted octanol–water partition coefficient (Wildman–Crippen LogP) is 1.77. The minimum atomic E-state index is -4.49. The summed E-state index contributed by atoms with van der Waals surface area (Å²) in [6.07, 6.45) is -4.49. The minimum Gasteiger partial charge on any atom is -0.373 e. The highest BCUT2D eigenvalue weighted by molar-refractivity contribution is 5.79. The lowest BCUT2D eigenvalue weighted by Crippen LogP contribution is -2.40. The number of nitrogens with one attached hydrogen (secondary N) is 1. The summed E-state index contributed by atoms with van der Waals surface area (Å²) in [4.78, 5) is 13.3. The van der Waals surface area contributed by atoms with Crippen LogP contribution in [0.15, 0.2) is 12.3 Å². The summed E-state index contributed by atoms with van der Waals surface area (Å²) in [5.41, 5.74) is -0.778. The molecule has 102 valence electrons. The molecular formula is C12H17F3N2O. The highest BCUT2D eigenvalue weighted by atomic mass is 19.4. The maximum Gasteiger partial charge on any atom is 0.430 e. The lowest BCUT2D eigenvalue weighted by molar-refractivity contribution is -0.130. The van der Waals surface area contributed by atoms with E-state index in [9.17, 15) is 18.0 Å². The van der Waals surface area contributed by atoms with Gasteiger partial charge >= 0.3 is 6.18 Å². The molecule has 1 saturated heterocycles. The van der Waals surface area contributed by atoms with Crippen molar-refractivity contribution in [1.29, 1.82) is 0 Å². The van der Waals surface area contributed by atoms with Crippen molar-refractivity contribution in [2.75, 3.05) is 19.6 Å². The first-order chi connectivity index (χ1) is 8.14. The number of carbonyl (C=O) groups excluding carboxylic acids is 1. The van der Waals surface area contributed by atoms with Crippen molar-refractivity contribution in [3.05, 3.63) is 12.3 Å². The third-order valence-corrected chi connectivity index (χ3v) is 4.27. The van der Waals surface area contributed by atoms with Crippen LogP contribution in [-0.2, 0) is 4.79 Å². The van der Waals surface area contributed by atoms with Gasteiger partial charge in [0.05, 0.1) is 6.54 Å². The topological polar surface area (TPSA) is 32.3 Å². The second-order valence-electron chi connectivity index (χ2n) is 5.66. The van der Waals surface area contributed by atoms with E-state index in [0.717, 1.165) is 0 Å². The SMILES string of the molecule is C=C(NCC(=O)N1CC2C(C1)C2(C)C)C(F)(F)F. The zero-order chi connectivity index (χ0) is 13.7. The van der Waals surface area contributed by atoms with E-state index in [4.69, 9.17) is 0 Å². The number of piperidine rings is 1. The molecular weight excluding hydrogens is 245 g/mol. The van der Waals surface area contributed by atoms with Crippen molar-refractivity contribution in [3.63, 3.8) is 0 Å². The smallest absolute Gasteiger partial charge is 0.373 e. The Labute approximate surface area is 104 Å². The standard InChI is InChI=1S/C12H17F3N2O/c1-7(12(13,14)15)16-4-10(18)17-5-8-9(6-17)11(8,2)3/h8-9,16H,1,4-6H2,2-3H3. The van der Waals surface area contributed by atoms with Crippen LogP contribution < -0.4 is 5.32 Å². The molecule has 0 bridgehead atoms. The van der Waals surface area contributed by atoms with Gasteiger partial charge in [0, 0.05) is 13.1 Å². The van der Waals surface area contributed by atoms with Gasteiger partial charge < -0.3 is 10.2 Å². The summed E-state index contributed by atoms with van der Waals surface area (Å²) in [6, 6.07) is 0. The monoisotopic (exact) mass is 262 g/mol. The van der Waals surface area contributed by atoms with Crippen LogP contribution >= 0.6 is 0 Å². The third-order valence-electron chi connectivity index (χ3n) is 4.27.